The normalized spacial score (nSPS) is 18.0. The Kier molecular flexibility index (Phi) is 4.02. The Morgan fingerprint density at radius 2 is 2.00 bits per heavy atom. The zero-order valence-corrected chi connectivity index (χ0v) is 12.1. The molecule has 2 atom stereocenters. The average molecular weight is 287 g/mol. The van der Waals surface area contributed by atoms with E-state index in [4.69, 9.17) is 0 Å². The summed E-state index contributed by atoms with van der Waals surface area (Å²) in [7, 11) is 0. The van der Waals surface area contributed by atoms with E-state index in [1.165, 1.54) is 29.3 Å². The SMILES string of the molecule is CCNC(CC1Cc2ccccc21)c1cc(F)ccc1F. The van der Waals surface area contributed by atoms with E-state index >= 15 is 0 Å². The number of rotatable bonds is 5. The van der Waals surface area contributed by atoms with Gasteiger partial charge < -0.3 is 5.32 Å². The fourth-order valence-electron chi connectivity index (χ4n) is 3.21. The molecule has 0 amide bonds. The first-order valence-electron chi connectivity index (χ1n) is 7.45. The molecule has 2 unspecified atom stereocenters. The molecule has 0 saturated heterocycles. The van der Waals surface area contributed by atoms with Gasteiger partial charge in [-0.05, 0) is 54.6 Å². The van der Waals surface area contributed by atoms with Gasteiger partial charge in [0, 0.05) is 11.6 Å². The van der Waals surface area contributed by atoms with E-state index in [0.29, 0.717) is 11.5 Å². The zero-order chi connectivity index (χ0) is 14.8. The third-order valence-corrected chi connectivity index (χ3v) is 4.27. The summed E-state index contributed by atoms with van der Waals surface area (Å²) in [6.07, 6.45) is 1.82. The van der Waals surface area contributed by atoms with Crippen LogP contribution in [-0.2, 0) is 6.42 Å². The van der Waals surface area contributed by atoms with Gasteiger partial charge in [-0.15, -0.1) is 0 Å². The van der Waals surface area contributed by atoms with Gasteiger partial charge in [0.2, 0.25) is 0 Å². The van der Waals surface area contributed by atoms with Crippen LogP contribution in [0.15, 0.2) is 42.5 Å². The van der Waals surface area contributed by atoms with Gasteiger partial charge in [-0.1, -0.05) is 31.2 Å². The van der Waals surface area contributed by atoms with Crippen LogP contribution in [0.2, 0.25) is 0 Å². The van der Waals surface area contributed by atoms with Crippen LogP contribution in [0.1, 0.15) is 42.0 Å². The Labute approximate surface area is 124 Å². The lowest BCUT2D eigenvalue weighted by Gasteiger charge is -2.33. The molecular weight excluding hydrogens is 268 g/mol. The molecule has 0 aliphatic heterocycles. The standard InChI is InChI=1S/C18H19F2N/c1-2-21-18(16-11-14(19)7-8-17(16)20)10-13-9-12-5-3-4-6-15(12)13/h3-8,11,13,18,21H,2,9-10H2,1H3. The number of benzene rings is 2. The molecule has 1 aliphatic rings. The highest BCUT2D eigenvalue weighted by atomic mass is 19.1. The van der Waals surface area contributed by atoms with Gasteiger partial charge in [0.1, 0.15) is 11.6 Å². The van der Waals surface area contributed by atoms with Gasteiger partial charge in [0.25, 0.3) is 0 Å². The van der Waals surface area contributed by atoms with Crippen LogP contribution in [0.3, 0.4) is 0 Å². The fourth-order valence-corrected chi connectivity index (χ4v) is 3.21. The van der Waals surface area contributed by atoms with Crippen molar-refractivity contribution in [2.75, 3.05) is 6.54 Å². The van der Waals surface area contributed by atoms with Gasteiger partial charge in [-0.2, -0.15) is 0 Å². The quantitative estimate of drug-likeness (QED) is 0.862. The second-order valence-electron chi connectivity index (χ2n) is 5.61. The van der Waals surface area contributed by atoms with Crippen LogP contribution >= 0.6 is 0 Å². The molecule has 0 bridgehead atoms. The van der Waals surface area contributed by atoms with Gasteiger partial charge in [0.15, 0.2) is 0 Å². The van der Waals surface area contributed by atoms with Crippen molar-refractivity contribution < 1.29 is 8.78 Å². The van der Waals surface area contributed by atoms with Crippen molar-refractivity contribution in [2.45, 2.75) is 31.7 Å². The van der Waals surface area contributed by atoms with Crippen LogP contribution in [0.25, 0.3) is 0 Å². The summed E-state index contributed by atoms with van der Waals surface area (Å²) in [6, 6.07) is 11.9. The van der Waals surface area contributed by atoms with Crippen LogP contribution in [-0.4, -0.2) is 6.54 Å². The summed E-state index contributed by atoms with van der Waals surface area (Å²) in [5.74, 6) is -0.300. The predicted octanol–water partition coefficient (Wildman–Crippen LogP) is 4.35. The molecule has 110 valence electrons. The molecule has 0 aromatic heterocycles. The molecule has 3 heteroatoms. The van der Waals surface area contributed by atoms with Gasteiger partial charge in [-0.25, -0.2) is 8.78 Å². The lowest BCUT2D eigenvalue weighted by Crippen LogP contribution is -2.27. The third-order valence-electron chi connectivity index (χ3n) is 4.27. The summed E-state index contributed by atoms with van der Waals surface area (Å²) in [6.45, 7) is 2.72. The van der Waals surface area contributed by atoms with Crippen molar-refractivity contribution in [1.29, 1.82) is 0 Å². The van der Waals surface area contributed by atoms with Gasteiger partial charge >= 0.3 is 0 Å². The smallest absolute Gasteiger partial charge is 0.128 e. The number of halogens is 2. The van der Waals surface area contributed by atoms with Crippen LogP contribution in [0.4, 0.5) is 8.78 Å². The Morgan fingerprint density at radius 1 is 1.19 bits per heavy atom. The van der Waals surface area contributed by atoms with Crippen molar-refractivity contribution >= 4 is 0 Å². The lowest BCUT2D eigenvalue weighted by molar-refractivity contribution is 0.420. The minimum Gasteiger partial charge on any atom is -0.310 e. The zero-order valence-electron chi connectivity index (χ0n) is 12.1. The van der Waals surface area contributed by atoms with Gasteiger partial charge in [0.05, 0.1) is 0 Å². The topological polar surface area (TPSA) is 12.0 Å². The number of hydrogen-bond acceptors (Lipinski definition) is 1. The first kappa shape index (κ1) is 14.2. The maximum Gasteiger partial charge on any atom is 0.128 e. The third kappa shape index (κ3) is 2.84. The van der Waals surface area contributed by atoms with Gasteiger partial charge in [-0.3, -0.25) is 0 Å². The minimum absolute atomic E-state index is 0.149. The van der Waals surface area contributed by atoms with Crippen molar-refractivity contribution in [3.8, 4) is 0 Å². The lowest BCUT2D eigenvalue weighted by atomic mass is 9.73. The molecule has 3 rings (SSSR count). The van der Waals surface area contributed by atoms with Crippen molar-refractivity contribution in [3.05, 3.63) is 70.8 Å². The molecule has 1 N–H and O–H groups in total. The highest BCUT2D eigenvalue weighted by Gasteiger charge is 2.29. The molecule has 21 heavy (non-hydrogen) atoms. The Morgan fingerprint density at radius 3 is 2.76 bits per heavy atom. The molecular formula is C18H19F2N. The second-order valence-corrected chi connectivity index (χ2v) is 5.61. The maximum atomic E-state index is 14.0. The highest BCUT2D eigenvalue weighted by Crippen LogP contribution is 2.41. The molecule has 0 fully saturated rings. The summed E-state index contributed by atoms with van der Waals surface area (Å²) >= 11 is 0. The molecule has 2 aromatic carbocycles. The summed E-state index contributed by atoms with van der Waals surface area (Å²) in [5, 5.41) is 3.29. The summed E-state index contributed by atoms with van der Waals surface area (Å²) in [5.41, 5.74) is 3.15. The summed E-state index contributed by atoms with van der Waals surface area (Å²) in [4.78, 5) is 0. The first-order valence-corrected chi connectivity index (χ1v) is 7.45. The molecule has 0 spiro atoms. The largest absolute Gasteiger partial charge is 0.310 e. The van der Waals surface area contributed by atoms with E-state index in [2.05, 4.69) is 17.4 Å². The number of hydrogen-bond donors (Lipinski definition) is 1. The predicted molar refractivity (Wildman–Crippen MR) is 80.3 cm³/mol. The van der Waals surface area contributed by atoms with E-state index < -0.39 is 0 Å². The van der Waals surface area contributed by atoms with Crippen molar-refractivity contribution in [3.63, 3.8) is 0 Å². The van der Waals surface area contributed by atoms with E-state index in [9.17, 15) is 8.78 Å². The van der Waals surface area contributed by atoms with E-state index in [-0.39, 0.29) is 17.7 Å². The van der Waals surface area contributed by atoms with E-state index in [1.807, 2.05) is 19.1 Å². The first-order chi connectivity index (χ1) is 10.2. The number of nitrogens with one attached hydrogen (secondary N) is 1. The molecule has 1 nitrogen and oxygen atoms in total. The van der Waals surface area contributed by atoms with E-state index in [0.717, 1.165) is 19.4 Å². The second kappa shape index (κ2) is 5.94. The molecule has 0 saturated carbocycles. The molecule has 0 heterocycles. The number of fused-ring (bicyclic) bond motifs is 1. The van der Waals surface area contributed by atoms with Crippen molar-refractivity contribution in [2.24, 2.45) is 0 Å². The highest BCUT2D eigenvalue weighted by molar-refractivity contribution is 5.40. The molecule has 1 aliphatic carbocycles. The Bertz CT molecular complexity index is 639. The molecule has 2 aromatic rings. The fraction of sp³-hybridized carbons (Fsp3) is 0.333. The minimum atomic E-state index is -0.386. The monoisotopic (exact) mass is 287 g/mol. The van der Waals surface area contributed by atoms with Crippen LogP contribution in [0.5, 0.6) is 0 Å². The Hall–Kier alpha value is -1.74. The van der Waals surface area contributed by atoms with E-state index in [1.54, 1.807) is 0 Å². The molecule has 0 radical (unpaired) electrons. The van der Waals surface area contributed by atoms with Crippen LogP contribution in [0, 0.1) is 11.6 Å². The average Bonchev–Trinajstić information content (AvgIpc) is 2.46. The maximum absolute atomic E-state index is 14.0. The Balaban J connectivity index is 1.81. The van der Waals surface area contributed by atoms with Crippen molar-refractivity contribution in [1.82, 2.24) is 5.32 Å². The summed E-state index contributed by atoms with van der Waals surface area (Å²) < 4.78 is 27.4. The van der Waals surface area contributed by atoms with Crippen LogP contribution < -0.4 is 5.32 Å².